The van der Waals surface area contributed by atoms with Gasteiger partial charge < -0.3 is 10.3 Å². The van der Waals surface area contributed by atoms with Crippen molar-refractivity contribution in [1.29, 1.82) is 0 Å². The molecule has 2 rings (SSSR count). The van der Waals surface area contributed by atoms with Crippen molar-refractivity contribution in [3.8, 4) is 0 Å². The highest BCUT2D eigenvalue weighted by Gasteiger charge is 2.38. The number of rotatable bonds is 3. The summed E-state index contributed by atoms with van der Waals surface area (Å²) in [6.07, 6.45) is -4.47. The van der Waals surface area contributed by atoms with Crippen molar-refractivity contribution >= 4 is 16.8 Å². The van der Waals surface area contributed by atoms with Crippen molar-refractivity contribution in [3.63, 3.8) is 0 Å². The van der Waals surface area contributed by atoms with Gasteiger partial charge >= 0.3 is 12.1 Å². The van der Waals surface area contributed by atoms with Crippen LogP contribution in [0.15, 0.2) is 24.3 Å². The van der Waals surface area contributed by atoms with E-state index in [-0.39, 0.29) is 6.54 Å². The Bertz CT molecular complexity index is 601. The summed E-state index contributed by atoms with van der Waals surface area (Å²) in [5.74, 6) is -1.90. The van der Waals surface area contributed by atoms with Gasteiger partial charge in [-0.15, -0.1) is 0 Å². The van der Waals surface area contributed by atoms with E-state index in [0.29, 0.717) is 6.42 Å². The van der Waals surface area contributed by atoms with E-state index in [2.05, 4.69) is 4.98 Å². The number of amides is 1. The highest BCUT2D eigenvalue weighted by atomic mass is 19.4. The molecule has 0 atom stereocenters. The summed E-state index contributed by atoms with van der Waals surface area (Å²) in [6, 6.07) is 7.56. The highest BCUT2D eigenvalue weighted by Crippen LogP contribution is 2.22. The maximum atomic E-state index is 12.0. The van der Waals surface area contributed by atoms with Gasteiger partial charge in [-0.05, 0) is 25.0 Å². The molecule has 2 aromatic rings. The predicted octanol–water partition coefficient (Wildman–Crippen LogP) is 2.70. The number of hydrogen-bond acceptors (Lipinski definition) is 1. The Kier molecular flexibility index (Phi) is 3.50. The molecule has 1 aromatic heterocycles. The van der Waals surface area contributed by atoms with Crippen LogP contribution in [0.3, 0.4) is 0 Å². The number of hydrogen-bond donors (Lipinski definition) is 2. The van der Waals surface area contributed by atoms with Crippen LogP contribution in [0.2, 0.25) is 0 Å². The maximum absolute atomic E-state index is 12.0. The summed E-state index contributed by atoms with van der Waals surface area (Å²) in [5, 5.41) is 2.85. The Hall–Kier alpha value is -1.98. The molecule has 0 aliphatic rings. The molecule has 0 radical (unpaired) electrons. The van der Waals surface area contributed by atoms with Crippen molar-refractivity contribution in [2.24, 2.45) is 0 Å². The van der Waals surface area contributed by atoms with Crippen LogP contribution < -0.4 is 5.32 Å². The molecule has 0 fully saturated rings. The van der Waals surface area contributed by atoms with E-state index in [1.54, 1.807) is 0 Å². The maximum Gasteiger partial charge on any atom is 0.471 e. The quantitative estimate of drug-likeness (QED) is 0.885. The minimum absolute atomic E-state index is 0.0406. The summed E-state index contributed by atoms with van der Waals surface area (Å²) in [7, 11) is 0. The third-order valence-corrected chi connectivity index (χ3v) is 2.95. The molecule has 6 heteroatoms. The second-order valence-corrected chi connectivity index (χ2v) is 4.28. The fourth-order valence-electron chi connectivity index (χ4n) is 2.06. The number of benzene rings is 1. The third kappa shape index (κ3) is 2.89. The molecular formula is C13H13F3N2O. The number of H-pyrrole nitrogens is 1. The van der Waals surface area contributed by atoms with Gasteiger partial charge in [0.05, 0.1) is 0 Å². The number of carbonyl (C=O) groups excluding carboxylic acids is 1. The molecule has 3 nitrogen and oxygen atoms in total. The van der Waals surface area contributed by atoms with Gasteiger partial charge in [-0.3, -0.25) is 4.79 Å². The zero-order chi connectivity index (χ0) is 14.0. The predicted molar refractivity (Wildman–Crippen MR) is 65.8 cm³/mol. The second kappa shape index (κ2) is 4.95. The van der Waals surface area contributed by atoms with Gasteiger partial charge in [0.1, 0.15) is 0 Å². The minimum Gasteiger partial charge on any atom is -0.358 e. The van der Waals surface area contributed by atoms with E-state index in [1.807, 2.05) is 36.5 Å². The topological polar surface area (TPSA) is 44.9 Å². The molecule has 0 aliphatic heterocycles. The molecule has 0 saturated heterocycles. The fraction of sp³-hybridized carbons (Fsp3) is 0.308. The lowest BCUT2D eigenvalue weighted by Gasteiger charge is -2.07. The van der Waals surface area contributed by atoms with Gasteiger partial charge in [-0.1, -0.05) is 18.2 Å². The Morgan fingerprint density at radius 1 is 1.32 bits per heavy atom. The molecule has 1 heterocycles. The van der Waals surface area contributed by atoms with Crippen LogP contribution in [0.25, 0.3) is 10.9 Å². The fourth-order valence-corrected chi connectivity index (χ4v) is 2.06. The Labute approximate surface area is 107 Å². The van der Waals surface area contributed by atoms with Gasteiger partial charge in [0.2, 0.25) is 0 Å². The Morgan fingerprint density at radius 2 is 2.00 bits per heavy atom. The van der Waals surface area contributed by atoms with Crippen LogP contribution in [0.1, 0.15) is 11.3 Å². The summed E-state index contributed by atoms with van der Waals surface area (Å²) < 4.78 is 36.1. The first-order valence-electron chi connectivity index (χ1n) is 5.81. The lowest BCUT2D eigenvalue weighted by atomic mass is 10.1. The van der Waals surface area contributed by atoms with E-state index in [4.69, 9.17) is 0 Å². The van der Waals surface area contributed by atoms with Gasteiger partial charge in [0, 0.05) is 23.1 Å². The lowest BCUT2D eigenvalue weighted by molar-refractivity contribution is -0.173. The second-order valence-electron chi connectivity index (χ2n) is 4.28. The van der Waals surface area contributed by atoms with Crippen LogP contribution in [-0.4, -0.2) is 23.6 Å². The van der Waals surface area contributed by atoms with Gasteiger partial charge in [0.25, 0.3) is 0 Å². The van der Waals surface area contributed by atoms with Crippen LogP contribution in [0.5, 0.6) is 0 Å². The van der Waals surface area contributed by atoms with Crippen molar-refractivity contribution in [3.05, 3.63) is 35.5 Å². The number of carbonyl (C=O) groups is 1. The Balaban J connectivity index is 2.06. The van der Waals surface area contributed by atoms with Crippen LogP contribution >= 0.6 is 0 Å². The van der Waals surface area contributed by atoms with Crippen molar-refractivity contribution in [2.45, 2.75) is 19.5 Å². The van der Waals surface area contributed by atoms with Gasteiger partial charge in [-0.25, -0.2) is 0 Å². The van der Waals surface area contributed by atoms with Gasteiger partial charge in [-0.2, -0.15) is 13.2 Å². The lowest BCUT2D eigenvalue weighted by Crippen LogP contribution is -2.37. The van der Waals surface area contributed by atoms with Crippen LogP contribution in [0, 0.1) is 6.92 Å². The highest BCUT2D eigenvalue weighted by molar-refractivity contribution is 5.85. The third-order valence-electron chi connectivity index (χ3n) is 2.95. The smallest absolute Gasteiger partial charge is 0.358 e. The molecule has 1 amide bonds. The molecule has 102 valence electrons. The summed E-state index contributed by atoms with van der Waals surface area (Å²) >= 11 is 0. The molecule has 0 saturated carbocycles. The first-order valence-corrected chi connectivity index (χ1v) is 5.81. The molecule has 1 aromatic carbocycles. The van der Waals surface area contributed by atoms with E-state index in [0.717, 1.165) is 22.2 Å². The number of aromatic nitrogens is 1. The zero-order valence-electron chi connectivity index (χ0n) is 10.3. The average molecular weight is 270 g/mol. The number of para-hydroxylation sites is 1. The van der Waals surface area contributed by atoms with Crippen LogP contribution in [0.4, 0.5) is 13.2 Å². The average Bonchev–Trinajstić information content (AvgIpc) is 2.64. The van der Waals surface area contributed by atoms with Crippen molar-refractivity contribution in [1.82, 2.24) is 10.3 Å². The van der Waals surface area contributed by atoms with Gasteiger partial charge in [0.15, 0.2) is 0 Å². The van der Waals surface area contributed by atoms with E-state index >= 15 is 0 Å². The summed E-state index contributed by atoms with van der Waals surface area (Å²) in [6.45, 7) is 1.82. The van der Waals surface area contributed by atoms with E-state index in [9.17, 15) is 18.0 Å². The molecule has 2 N–H and O–H groups in total. The van der Waals surface area contributed by atoms with E-state index < -0.39 is 12.1 Å². The van der Waals surface area contributed by atoms with Crippen molar-refractivity contribution < 1.29 is 18.0 Å². The monoisotopic (exact) mass is 270 g/mol. The Morgan fingerprint density at radius 3 is 2.68 bits per heavy atom. The number of aryl methyl sites for hydroxylation is 1. The minimum atomic E-state index is -4.82. The number of fused-ring (bicyclic) bond motifs is 1. The van der Waals surface area contributed by atoms with Crippen molar-refractivity contribution in [2.75, 3.05) is 6.54 Å². The number of alkyl halides is 3. The first kappa shape index (κ1) is 13.5. The largest absolute Gasteiger partial charge is 0.471 e. The number of aromatic amines is 1. The molecule has 19 heavy (non-hydrogen) atoms. The normalized spacial score (nSPS) is 11.8. The standard InChI is InChI=1S/C13H13F3N2O/c1-8-9(6-7-17-12(19)13(14,15)16)10-4-2-3-5-11(10)18-8/h2-5,18H,6-7H2,1H3,(H,17,19). The molecular weight excluding hydrogens is 257 g/mol. The SMILES string of the molecule is Cc1[nH]c2ccccc2c1CCNC(=O)C(F)(F)F. The van der Waals surface area contributed by atoms with E-state index in [1.165, 1.54) is 0 Å². The zero-order valence-corrected chi connectivity index (χ0v) is 10.3. The molecule has 0 spiro atoms. The first-order chi connectivity index (χ1) is 8.89. The van der Waals surface area contributed by atoms with Crippen LogP contribution in [-0.2, 0) is 11.2 Å². The molecule has 0 bridgehead atoms. The molecule has 0 unspecified atom stereocenters. The summed E-state index contributed by atoms with van der Waals surface area (Å²) in [4.78, 5) is 13.9. The number of nitrogens with one attached hydrogen (secondary N) is 2. The molecule has 0 aliphatic carbocycles. The number of halogens is 3. The summed E-state index contributed by atoms with van der Waals surface area (Å²) in [5.41, 5.74) is 2.78.